The molecule has 1 fully saturated rings. The number of carbonyl (C=O) groups excluding carboxylic acids is 2. The monoisotopic (exact) mass is 420 g/mol. The van der Waals surface area contributed by atoms with Crippen molar-refractivity contribution in [2.75, 3.05) is 32.8 Å². The number of esters is 1. The summed E-state index contributed by atoms with van der Waals surface area (Å²) >= 11 is 0. The van der Waals surface area contributed by atoms with Gasteiger partial charge in [0.1, 0.15) is 5.82 Å². The molecule has 3 rings (SSSR count). The van der Waals surface area contributed by atoms with Crippen molar-refractivity contribution in [3.63, 3.8) is 0 Å². The molecular weight excluding hydrogens is 399 g/mol. The molecule has 0 bridgehead atoms. The summed E-state index contributed by atoms with van der Waals surface area (Å²) in [6, 6.07) is 11.7. The van der Waals surface area contributed by atoms with Crippen LogP contribution in [0.1, 0.15) is 15.9 Å². The Kier molecular flexibility index (Phi) is 6.29. The molecule has 9 heteroatoms. The summed E-state index contributed by atoms with van der Waals surface area (Å²) in [5.74, 6) is -1.60. The Morgan fingerprint density at radius 1 is 1.03 bits per heavy atom. The van der Waals surface area contributed by atoms with Crippen molar-refractivity contribution < 1.29 is 27.1 Å². The Labute approximate surface area is 168 Å². The van der Waals surface area contributed by atoms with Crippen molar-refractivity contribution in [1.82, 2.24) is 9.21 Å². The second-order valence-corrected chi connectivity index (χ2v) is 8.57. The fourth-order valence-corrected chi connectivity index (χ4v) is 4.51. The standard InChI is InChI=1S/C20H21FN2O5S/c1-15-5-2-3-8-18(15)20(25)28-14-19(24)22-9-11-23(12-10-22)29(26,27)17-7-4-6-16(21)13-17/h2-8,13H,9-12,14H2,1H3. The molecule has 0 aliphatic carbocycles. The lowest BCUT2D eigenvalue weighted by Crippen LogP contribution is -2.51. The minimum absolute atomic E-state index is 0.0797. The van der Waals surface area contributed by atoms with E-state index in [1.807, 2.05) is 0 Å². The molecule has 29 heavy (non-hydrogen) atoms. The average molecular weight is 420 g/mol. The van der Waals surface area contributed by atoms with Crippen LogP contribution in [0.5, 0.6) is 0 Å². The van der Waals surface area contributed by atoms with Crippen LogP contribution in [0, 0.1) is 12.7 Å². The molecule has 1 amide bonds. The molecule has 1 saturated heterocycles. The van der Waals surface area contributed by atoms with Crippen LogP contribution < -0.4 is 0 Å². The molecule has 1 aliphatic rings. The maximum Gasteiger partial charge on any atom is 0.338 e. The number of sulfonamides is 1. The lowest BCUT2D eigenvalue weighted by molar-refractivity contribution is -0.135. The second-order valence-electron chi connectivity index (χ2n) is 6.63. The predicted molar refractivity (Wildman–Crippen MR) is 103 cm³/mol. The molecule has 0 aromatic heterocycles. The predicted octanol–water partition coefficient (Wildman–Crippen LogP) is 1.82. The van der Waals surface area contributed by atoms with E-state index >= 15 is 0 Å². The van der Waals surface area contributed by atoms with Crippen LogP contribution in [0.2, 0.25) is 0 Å². The molecule has 1 heterocycles. The third-order valence-electron chi connectivity index (χ3n) is 4.72. The van der Waals surface area contributed by atoms with E-state index in [1.165, 1.54) is 27.4 Å². The fraction of sp³-hybridized carbons (Fsp3) is 0.300. The van der Waals surface area contributed by atoms with E-state index in [4.69, 9.17) is 4.74 Å². The molecule has 2 aromatic rings. The van der Waals surface area contributed by atoms with Crippen LogP contribution in [0.3, 0.4) is 0 Å². The number of rotatable bonds is 5. The minimum Gasteiger partial charge on any atom is -0.452 e. The highest BCUT2D eigenvalue weighted by Crippen LogP contribution is 2.18. The Bertz CT molecular complexity index is 1020. The number of nitrogens with zero attached hydrogens (tertiary/aromatic N) is 2. The van der Waals surface area contributed by atoms with Crippen LogP contribution >= 0.6 is 0 Å². The van der Waals surface area contributed by atoms with Gasteiger partial charge in [-0.3, -0.25) is 4.79 Å². The smallest absolute Gasteiger partial charge is 0.338 e. The van der Waals surface area contributed by atoms with Gasteiger partial charge in [-0.2, -0.15) is 4.31 Å². The average Bonchev–Trinajstić information content (AvgIpc) is 2.72. The van der Waals surface area contributed by atoms with Crippen LogP contribution in [-0.2, 0) is 19.6 Å². The molecule has 0 atom stereocenters. The number of carbonyl (C=O) groups is 2. The van der Waals surface area contributed by atoms with Gasteiger partial charge in [0.2, 0.25) is 10.0 Å². The van der Waals surface area contributed by atoms with Crippen molar-refractivity contribution in [3.05, 3.63) is 65.5 Å². The van der Waals surface area contributed by atoms with E-state index in [0.29, 0.717) is 5.56 Å². The van der Waals surface area contributed by atoms with E-state index in [0.717, 1.165) is 11.6 Å². The number of hydrogen-bond acceptors (Lipinski definition) is 5. The topological polar surface area (TPSA) is 84.0 Å². The highest BCUT2D eigenvalue weighted by molar-refractivity contribution is 7.89. The number of ether oxygens (including phenoxy) is 1. The van der Waals surface area contributed by atoms with Crippen LogP contribution in [-0.4, -0.2) is 62.3 Å². The second kappa shape index (κ2) is 8.71. The Balaban J connectivity index is 1.54. The molecule has 7 nitrogen and oxygen atoms in total. The zero-order valence-corrected chi connectivity index (χ0v) is 16.7. The van der Waals surface area contributed by atoms with Crippen LogP contribution in [0.4, 0.5) is 4.39 Å². The third-order valence-corrected chi connectivity index (χ3v) is 6.61. The molecule has 2 aromatic carbocycles. The highest BCUT2D eigenvalue weighted by atomic mass is 32.2. The first-order valence-corrected chi connectivity index (χ1v) is 10.5. The summed E-state index contributed by atoms with van der Waals surface area (Å²) in [5, 5.41) is 0. The minimum atomic E-state index is -3.83. The summed E-state index contributed by atoms with van der Waals surface area (Å²) in [6.45, 7) is 1.84. The maximum absolute atomic E-state index is 13.4. The number of halogens is 1. The summed E-state index contributed by atoms with van der Waals surface area (Å²) in [5.41, 5.74) is 1.15. The van der Waals surface area contributed by atoms with Crippen molar-refractivity contribution >= 4 is 21.9 Å². The third kappa shape index (κ3) is 4.80. The first-order chi connectivity index (χ1) is 13.8. The van der Waals surface area contributed by atoms with Gasteiger partial charge in [-0.1, -0.05) is 24.3 Å². The van der Waals surface area contributed by atoms with Gasteiger partial charge in [-0.05, 0) is 36.8 Å². The number of piperazine rings is 1. The summed E-state index contributed by atoms with van der Waals surface area (Å²) in [7, 11) is -3.83. The molecule has 0 unspecified atom stereocenters. The van der Waals surface area contributed by atoms with Gasteiger partial charge in [-0.15, -0.1) is 0 Å². The number of benzene rings is 2. The van der Waals surface area contributed by atoms with E-state index < -0.39 is 34.3 Å². The van der Waals surface area contributed by atoms with Gasteiger partial charge in [-0.25, -0.2) is 17.6 Å². The van der Waals surface area contributed by atoms with Gasteiger partial charge in [0.25, 0.3) is 5.91 Å². The van der Waals surface area contributed by atoms with E-state index in [1.54, 1.807) is 31.2 Å². The molecule has 154 valence electrons. The molecule has 0 N–H and O–H groups in total. The zero-order valence-electron chi connectivity index (χ0n) is 15.9. The Hall–Kier alpha value is -2.78. The molecule has 0 saturated carbocycles. The van der Waals surface area contributed by atoms with Crippen molar-refractivity contribution in [3.8, 4) is 0 Å². The highest BCUT2D eigenvalue weighted by Gasteiger charge is 2.30. The van der Waals surface area contributed by atoms with Gasteiger partial charge in [0.05, 0.1) is 10.5 Å². The van der Waals surface area contributed by atoms with Crippen LogP contribution in [0.15, 0.2) is 53.4 Å². The van der Waals surface area contributed by atoms with Gasteiger partial charge >= 0.3 is 5.97 Å². The largest absolute Gasteiger partial charge is 0.452 e. The van der Waals surface area contributed by atoms with Crippen molar-refractivity contribution in [2.45, 2.75) is 11.8 Å². The number of amides is 1. The fourth-order valence-electron chi connectivity index (χ4n) is 3.05. The van der Waals surface area contributed by atoms with E-state index in [9.17, 15) is 22.4 Å². The van der Waals surface area contributed by atoms with E-state index in [2.05, 4.69) is 0 Å². The number of aryl methyl sites for hydroxylation is 1. The molecule has 0 spiro atoms. The zero-order chi connectivity index (χ0) is 21.0. The van der Waals surface area contributed by atoms with Crippen LogP contribution in [0.25, 0.3) is 0 Å². The normalized spacial score (nSPS) is 15.2. The lowest BCUT2D eigenvalue weighted by atomic mass is 10.1. The SMILES string of the molecule is Cc1ccccc1C(=O)OCC(=O)N1CCN(S(=O)(=O)c2cccc(F)c2)CC1. The van der Waals surface area contributed by atoms with Gasteiger partial charge in [0.15, 0.2) is 6.61 Å². The summed E-state index contributed by atoms with van der Waals surface area (Å²) < 4.78 is 44.9. The van der Waals surface area contributed by atoms with Gasteiger partial charge < -0.3 is 9.64 Å². The first-order valence-electron chi connectivity index (χ1n) is 9.05. The van der Waals surface area contributed by atoms with E-state index in [-0.39, 0.29) is 31.1 Å². The maximum atomic E-state index is 13.4. The Morgan fingerprint density at radius 2 is 1.72 bits per heavy atom. The molecule has 0 radical (unpaired) electrons. The van der Waals surface area contributed by atoms with Crippen molar-refractivity contribution in [2.24, 2.45) is 0 Å². The molecule has 1 aliphatic heterocycles. The van der Waals surface area contributed by atoms with Crippen molar-refractivity contribution in [1.29, 1.82) is 0 Å². The Morgan fingerprint density at radius 3 is 2.38 bits per heavy atom. The quantitative estimate of drug-likeness (QED) is 0.689. The molecular formula is C20H21FN2O5S. The summed E-state index contributed by atoms with van der Waals surface area (Å²) in [6.07, 6.45) is 0. The lowest BCUT2D eigenvalue weighted by Gasteiger charge is -2.33. The number of hydrogen-bond donors (Lipinski definition) is 0. The first kappa shape index (κ1) is 20.9. The summed E-state index contributed by atoms with van der Waals surface area (Å²) in [4.78, 5) is 25.8. The van der Waals surface area contributed by atoms with Gasteiger partial charge in [0, 0.05) is 26.2 Å².